The van der Waals surface area contributed by atoms with Crippen molar-refractivity contribution in [3.8, 4) is 5.75 Å². The topological polar surface area (TPSA) is 26.3 Å². The van der Waals surface area contributed by atoms with Crippen molar-refractivity contribution in [2.75, 3.05) is 7.11 Å². The fraction of sp³-hybridized carbons (Fsp3) is 0.682. The van der Waals surface area contributed by atoms with Gasteiger partial charge in [-0.3, -0.25) is 4.79 Å². The maximum Gasteiger partial charge on any atom is 0.416 e. The van der Waals surface area contributed by atoms with Crippen molar-refractivity contribution >= 4 is 21.7 Å². The number of unbranched alkanes of at least 4 members (excludes halogenated alkanes) is 3. The monoisotopic (exact) mass is 464 g/mol. The lowest BCUT2D eigenvalue weighted by atomic mass is 9.90. The number of ketones is 1. The highest BCUT2D eigenvalue weighted by Gasteiger charge is 2.34. The van der Waals surface area contributed by atoms with Gasteiger partial charge in [-0.05, 0) is 46.3 Å². The molecular weight excluding hydrogens is 433 g/mol. The number of hydrogen-bond acceptors (Lipinski definition) is 2. The van der Waals surface area contributed by atoms with E-state index in [9.17, 15) is 18.0 Å². The minimum absolute atomic E-state index is 0.0302. The first-order valence-electron chi connectivity index (χ1n) is 10.1. The molecule has 28 heavy (non-hydrogen) atoms. The highest BCUT2D eigenvalue weighted by atomic mass is 79.9. The molecule has 2 nitrogen and oxygen atoms in total. The molecule has 1 aromatic rings. The number of carbonyl (C=O) groups excluding carboxylic acids is 1. The quantitative estimate of drug-likeness (QED) is 0.301. The van der Waals surface area contributed by atoms with Crippen molar-refractivity contribution in [2.24, 2.45) is 11.8 Å². The van der Waals surface area contributed by atoms with Gasteiger partial charge in [0.15, 0.2) is 5.78 Å². The van der Waals surface area contributed by atoms with E-state index in [2.05, 4.69) is 36.7 Å². The number of benzene rings is 1. The summed E-state index contributed by atoms with van der Waals surface area (Å²) in [5.74, 6) is 0.572. The zero-order valence-corrected chi connectivity index (χ0v) is 18.9. The van der Waals surface area contributed by atoms with Crippen molar-refractivity contribution in [3.63, 3.8) is 0 Å². The van der Waals surface area contributed by atoms with Crippen LogP contribution in [-0.4, -0.2) is 12.9 Å². The summed E-state index contributed by atoms with van der Waals surface area (Å²) in [4.78, 5) is 12.5. The number of rotatable bonds is 7. The Morgan fingerprint density at radius 3 is 2.21 bits per heavy atom. The summed E-state index contributed by atoms with van der Waals surface area (Å²) < 4.78 is 43.7. The van der Waals surface area contributed by atoms with Crippen LogP contribution in [-0.2, 0) is 6.18 Å². The molecule has 1 aromatic carbocycles. The predicted molar refractivity (Wildman–Crippen MR) is 111 cm³/mol. The fourth-order valence-electron chi connectivity index (χ4n) is 3.54. The Balaban J connectivity index is 0.000000568. The summed E-state index contributed by atoms with van der Waals surface area (Å²) in [7, 11) is 1.27. The molecule has 2 rings (SSSR count). The molecule has 1 fully saturated rings. The molecule has 0 heterocycles. The molecule has 0 amide bonds. The van der Waals surface area contributed by atoms with Crippen LogP contribution in [0.3, 0.4) is 0 Å². The van der Waals surface area contributed by atoms with Crippen molar-refractivity contribution in [3.05, 3.63) is 27.7 Å². The zero-order valence-electron chi connectivity index (χ0n) is 17.3. The van der Waals surface area contributed by atoms with Crippen LogP contribution in [0, 0.1) is 11.8 Å². The smallest absolute Gasteiger partial charge is 0.416 e. The molecule has 1 aliphatic carbocycles. The molecule has 6 heteroatoms. The number of carbonyl (C=O) groups is 1. The normalized spacial score (nSPS) is 19.1. The van der Waals surface area contributed by atoms with Crippen molar-refractivity contribution in [1.82, 2.24) is 0 Å². The van der Waals surface area contributed by atoms with E-state index in [4.69, 9.17) is 4.74 Å². The van der Waals surface area contributed by atoms with Crippen LogP contribution in [0.15, 0.2) is 16.6 Å². The van der Waals surface area contributed by atoms with E-state index in [-0.39, 0.29) is 21.6 Å². The lowest BCUT2D eigenvalue weighted by Gasteiger charge is -2.17. The third-order valence-corrected chi connectivity index (χ3v) is 5.95. The Morgan fingerprint density at radius 1 is 1.18 bits per heavy atom. The predicted octanol–water partition coefficient (Wildman–Crippen LogP) is 8.07. The largest absolute Gasteiger partial charge is 0.496 e. The van der Waals surface area contributed by atoms with Gasteiger partial charge in [-0.1, -0.05) is 59.3 Å². The number of hydrogen-bond donors (Lipinski definition) is 0. The molecule has 1 aliphatic rings. The van der Waals surface area contributed by atoms with E-state index in [1.54, 1.807) is 0 Å². The maximum absolute atomic E-state index is 12.8. The van der Waals surface area contributed by atoms with Crippen LogP contribution in [0.25, 0.3) is 0 Å². The summed E-state index contributed by atoms with van der Waals surface area (Å²) in [5, 5.41) is 0. The molecule has 1 saturated carbocycles. The molecule has 0 aromatic heterocycles. The highest BCUT2D eigenvalue weighted by molar-refractivity contribution is 9.10. The lowest BCUT2D eigenvalue weighted by Crippen LogP contribution is -2.14. The molecule has 2 atom stereocenters. The van der Waals surface area contributed by atoms with Gasteiger partial charge in [0.1, 0.15) is 5.75 Å². The molecule has 0 bridgehead atoms. The average molecular weight is 465 g/mol. The van der Waals surface area contributed by atoms with E-state index in [1.807, 2.05) is 0 Å². The van der Waals surface area contributed by atoms with Crippen LogP contribution in [0.5, 0.6) is 5.75 Å². The third kappa shape index (κ3) is 7.41. The maximum atomic E-state index is 12.8. The van der Waals surface area contributed by atoms with Crippen LogP contribution in [0.2, 0.25) is 0 Å². The summed E-state index contributed by atoms with van der Waals surface area (Å²) >= 11 is 3.10. The van der Waals surface area contributed by atoms with Gasteiger partial charge in [0.2, 0.25) is 0 Å². The van der Waals surface area contributed by atoms with Gasteiger partial charge in [0.25, 0.3) is 0 Å². The molecule has 0 aliphatic heterocycles. The van der Waals surface area contributed by atoms with E-state index < -0.39 is 11.7 Å². The van der Waals surface area contributed by atoms with Gasteiger partial charge in [-0.25, -0.2) is 0 Å². The molecule has 0 spiro atoms. The number of halogens is 4. The third-order valence-electron chi connectivity index (χ3n) is 5.32. The summed E-state index contributed by atoms with van der Waals surface area (Å²) in [6.45, 7) is 6.58. The Hall–Kier alpha value is -1.04. The van der Waals surface area contributed by atoms with Crippen molar-refractivity contribution in [2.45, 2.75) is 78.3 Å². The summed E-state index contributed by atoms with van der Waals surface area (Å²) in [6, 6.07) is 1.82. The minimum atomic E-state index is -4.47. The molecule has 160 valence electrons. The zero-order chi connectivity index (χ0) is 21.3. The van der Waals surface area contributed by atoms with E-state index >= 15 is 0 Å². The average Bonchev–Trinajstić information content (AvgIpc) is 3.03. The second-order valence-electron chi connectivity index (χ2n) is 7.54. The Bertz CT molecular complexity index is 625. The van der Waals surface area contributed by atoms with Crippen LogP contribution >= 0.6 is 15.9 Å². The molecule has 2 unspecified atom stereocenters. The van der Waals surface area contributed by atoms with Crippen LogP contribution in [0.1, 0.15) is 88.1 Å². The first kappa shape index (κ1) is 25.0. The second kappa shape index (κ2) is 11.8. The minimum Gasteiger partial charge on any atom is -0.496 e. The molecule has 0 saturated heterocycles. The van der Waals surface area contributed by atoms with Gasteiger partial charge in [0, 0.05) is 10.9 Å². The van der Waals surface area contributed by atoms with E-state index in [1.165, 1.54) is 32.8 Å². The SMILES string of the molecule is CCCCCC.COc1cc(C(F)(F)F)cc(Br)c1C(=O)CC1CCCC1C. The first-order chi connectivity index (χ1) is 13.1. The highest BCUT2D eigenvalue weighted by Crippen LogP contribution is 2.40. The van der Waals surface area contributed by atoms with Gasteiger partial charge < -0.3 is 4.74 Å². The Labute approximate surface area is 175 Å². The van der Waals surface area contributed by atoms with E-state index in [0.717, 1.165) is 31.4 Å². The van der Waals surface area contributed by atoms with Crippen LogP contribution in [0.4, 0.5) is 13.2 Å². The summed E-state index contributed by atoms with van der Waals surface area (Å²) in [5.41, 5.74) is -0.628. The molecule has 0 radical (unpaired) electrons. The first-order valence-corrected chi connectivity index (χ1v) is 10.9. The van der Waals surface area contributed by atoms with Gasteiger partial charge in [-0.2, -0.15) is 13.2 Å². The Morgan fingerprint density at radius 2 is 1.79 bits per heavy atom. The van der Waals surface area contributed by atoms with Crippen LogP contribution < -0.4 is 4.74 Å². The van der Waals surface area contributed by atoms with Gasteiger partial charge in [-0.15, -0.1) is 0 Å². The van der Waals surface area contributed by atoms with Crippen molar-refractivity contribution in [1.29, 1.82) is 0 Å². The van der Waals surface area contributed by atoms with Gasteiger partial charge in [0.05, 0.1) is 18.2 Å². The lowest BCUT2D eigenvalue weighted by molar-refractivity contribution is -0.137. The van der Waals surface area contributed by atoms with E-state index in [0.29, 0.717) is 18.3 Å². The summed E-state index contributed by atoms with van der Waals surface area (Å²) in [6.07, 6.45) is 4.61. The fourth-order valence-corrected chi connectivity index (χ4v) is 4.21. The molecular formula is C22H32BrF3O2. The van der Waals surface area contributed by atoms with Gasteiger partial charge >= 0.3 is 6.18 Å². The molecule has 0 N–H and O–H groups in total. The number of alkyl halides is 3. The second-order valence-corrected chi connectivity index (χ2v) is 8.39. The standard InChI is InChI=1S/C16H18BrF3O2.C6H14/c1-9-4-3-5-10(9)6-13(21)15-12(17)7-11(16(18,19)20)8-14(15)22-2;1-3-5-6-4-2/h7-10H,3-6H2,1-2H3;3-6H2,1-2H3. The number of methoxy groups -OCH3 is 1. The van der Waals surface area contributed by atoms with Crippen molar-refractivity contribution < 1.29 is 22.7 Å². The Kier molecular flexibility index (Phi) is 10.6. The number of Topliss-reactive ketones (excluding diaryl/α,β-unsaturated/α-hetero) is 1. The number of ether oxygens (including phenoxy) is 1.